The van der Waals surface area contributed by atoms with Gasteiger partial charge < -0.3 is 9.47 Å². The second-order valence-electron chi connectivity index (χ2n) is 6.71. The average Bonchev–Trinajstić information content (AvgIpc) is 3.44. The van der Waals surface area contributed by atoms with Crippen LogP contribution in [0.3, 0.4) is 0 Å². The summed E-state index contributed by atoms with van der Waals surface area (Å²) < 4.78 is 12.9. The summed E-state index contributed by atoms with van der Waals surface area (Å²) in [5, 5.41) is 12.8. The molecule has 0 saturated heterocycles. The Bertz CT molecular complexity index is 1090. The third-order valence-corrected chi connectivity index (χ3v) is 6.52. The minimum Gasteiger partial charge on any atom is -0.494 e. The van der Waals surface area contributed by atoms with Gasteiger partial charge in [0.2, 0.25) is 0 Å². The summed E-state index contributed by atoms with van der Waals surface area (Å²) in [7, 11) is 1.71. The molecule has 0 aliphatic carbocycles. The van der Waals surface area contributed by atoms with Crippen molar-refractivity contribution in [1.29, 1.82) is 0 Å². The van der Waals surface area contributed by atoms with E-state index in [1.807, 2.05) is 61.5 Å². The maximum Gasteiger partial charge on any atom is 0.191 e. The molecule has 0 radical (unpaired) electrons. The molecule has 0 aliphatic rings. The van der Waals surface area contributed by atoms with Crippen molar-refractivity contribution < 1.29 is 9.47 Å². The van der Waals surface area contributed by atoms with Gasteiger partial charge in [-0.2, -0.15) is 0 Å². The van der Waals surface area contributed by atoms with Crippen molar-refractivity contribution in [3.05, 3.63) is 65.7 Å². The Morgan fingerprint density at radius 3 is 2.55 bits per heavy atom. The zero-order valence-corrected chi connectivity index (χ0v) is 19.2. The summed E-state index contributed by atoms with van der Waals surface area (Å²) in [6.07, 6.45) is 0. The largest absolute Gasteiger partial charge is 0.494 e. The highest BCUT2D eigenvalue weighted by molar-refractivity contribution is 7.98. The standard InChI is InChI=1S/C23H24N4O2S2/c1-3-29-20-11-9-18(10-12-20)22-24-19(15-30-22)16-31-23-26-25-21(27(23)13-14-28-2)17-7-5-4-6-8-17/h4-12,15H,3,13-14,16H2,1-2H3. The van der Waals surface area contributed by atoms with E-state index in [4.69, 9.17) is 14.5 Å². The fraction of sp³-hybridized carbons (Fsp3) is 0.261. The van der Waals surface area contributed by atoms with Gasteiger partial charge in [0.1, 0.15) is 10.8 Å². The molecule has 0 unspecified atom stereocenters. The number of benzene rings is 2. The van der Waals surface area contributed by atoms with Crippen LogP contribution in [0.5, 0.6) is 5.75 Å². The molecule has 2 aromatic heterocycles. The molecule has 2 heterocycles. The topological polar surface area (TPSA) is 62.1 Å². The summed E-state index contributed by atoms with van der Waals surface area (Å²) in [5.74, 6) is 2.46. The van der Waals surface area contributed by atoms with Crippen molar-refractivity contribution >= 4 is 23.1 Å². The fourth-order valence-electron chi connectivity index (χ4n) is 3.09. The summed E-state index contributed by atoms with van der Waals surface area (Å²) in [5.41, 5.74) is 3.17. The number of rotatable bonds is 10. The van der Waals surface area contributed by atoms with Crippen LogP contribution in [-0.4, -0.2) is 40.1 Å². The molecule has 4 aromatic rings. The van der Waals surface area contributed by atoms with Crippen LogP contribution in [-0.2, 0) is 17.0 Å². The van der Waals surface area contributed by atoms with Gasteiger partial charge in [0.05, 0.1) is 25.5 Å². The maximum atomic E-state index is 5.52. The lowest BCUT2D eigenvalue weighted by Crippen LogP contribution is -2.07. The van der Waals surface area contributed by atoms with Crippen LogP contribution >= 0.6 is 23.1 Å². The van der Waals surface area contributed by atoms with E-state index in [9.17, 15) is 0 Å². The lowest BCUT2D eigenvalue weighted by Gasteiger charge is -2.09. The van der Waals surface area contributed by atoms with E-state index < -0.39 is 0 Å². The molecule has 0 atom stereocenters. The molecule has 2 aromatic carbocycles. The maximum absolute atomic E-state index is 5.52. The van der Waals surface area contributed by atoms with Crippen molar-refractivity contribution in [2.75, 3.05) is 20.3 Å². The number of nitrogens with zero attached hydrogens (tertiary/aromatic N) is 4. The molecule has 0 fully saturated rings. The third-order valence-electron chi connectivity index (χ3n) is 4.58. The highest BCUT2D eigenvalue weighted by atomic mass is 32.2. The van der Waals surface area contributed by atoms with Gasteiger partial charge in [-0.25, -0.2) is 4.98 Å². The van der Waals surface area contributed by atoms with Crippen molar-refractivity contribution in [3.63, 3.8) is 0 Å². The van der Waals surface area contributed by atoms with Gasteiger partial charge in [0.25, 0.3) is 0 Å². The number of ether oxygens (including phenoxy) is 2. The predicted molar refractivity (Wildman–Crippen MR) is 126 cm³/mol. The van der Waals surface area contributed by atoms with Crippen LogP contribution in [0.2, 0.25) is 0 Å². The average molecular weight is 453 g/mol. The molecule has 0 amide bonds. The second-order valence-corrected chi connectivity index (χ2v) is 8.51. The van der Waals surface area contributed by atoms with Gasteiger partial charge in [-0.15, -0.1) is 21.5 Å². The van der Waals surface area contributed by atoms with Gasteiger partial charge in [-0.1, -0.05) is 42.1 Å². The van der Waals surface area contributed by atoms with Crippen LogP contribution in [0.4, 0.5) is 0 Å². The zero-order valence-electron chi connectivity index (χ0n) is 17.5. The van der Waals surface area contributed by atoms with E-state index in [2.05, 4.69) is 20.1 Å². The second kappa shape index (κ2) is 10.6. The fourth-order valence-corrected chi connectivity index (χ4v) is 4.87. The highest BCUT2D eigenvalue weighted by Gasteiger charge is 2.15. The number of aromatic nitrogens is 4. The molecule has 0 bridgehead atoms. The highest BCUT2D eigenvalue weighted by Crippen LogP contribution is 2.30. The van der Waals surface area contributed by atoms with Crippen LogP contribution in [0.15, 0.2) is 65.1 Å². The molecule has 0 N–H and O–H groups in total. The molecule has 31 heavy (non-hydrogen) atoms. The first kappa shape index (κ1) is 21.5. The van der Waals surface area contributed by atoms with Gasteiger partial charge in [-0.3, -0.25) is 4.57 Å². The number of thioether (sulfide) groups is 1. The normalized spacial score (nSPS) is 11.0. The van der Waals surface area contributed by atoms with E-state index in [1.54, 1.807) is 30.2 Å². The minimum atomic E-state index is 0.601. The SMILES string of the molecule is CCOc1ccc(-c2nc(CSc3nnc(-c4ccccc4)n3CCOC)cs2)cc1. The Morgan fingerprint density at radius 1 is 1.00 bits per heavy atom. The van der Waals surface area contributed by atoms with Crippen molar-refractivity contribution in [3.8, 4) is 27.7 Å². The van der Waals surface area contributed by atoms with Crippen molar-refractivity contribution in [1.82, 2.24) is 19.7 Å². The van der Waals surface area contributed by atoms with Crippen LogP contribution in [0, 0.1) is 0 Å². The minimum absolute atomic E-state index is 0.601. The predicted octanol–water partition coefficient (Wildman–Crippen LogP) is 5.41. The Labute approximate surface area is 190 Å². The number of hydrogen-bond acceptors (Lipinski definition) is 7. The zero-order chi connectivity index (χ0) is 21.5. The molecule has 0 saturated carbocycles. The van der Waals surface area contributed by atoms with Gasteiger partial charge >= 0.3 is 0 Å². The summed E-state index contributed by atoms with van der Waals surface area (Å²) >= 11 is 3.29. The first-order valence-electron chi connectivity index (χ1n) is 10.1. The van der Waals surface area contributed by atoms with Gasteiger partial charge in [-0.05, 0) is 31.2 Å². The molecular weight excluding hydrogens is 428 g/mol. The van der Waals surface area contributed by atoms with Gasteiger partial charge in [0.15, 0.2) is 11.0 Å². The Kier molecular flexibility index (Phi) is 7.35. The lowest BCUT2D eigenvalue weighted by atomic mass is 10.2. The Morgan fingerprint density at radius 2 is 1.81 bits per heavy atom. The number of thiazole rings is 1. The van der Waals surface area contributed by atoms with E-state index in [0.717, 1.165) is 44.3 Å². The van der Waals surface area contributed by atoms with E-state index >= 15 is 0 Å². The van der Waals surface area contributed by atoms with Crippen molar-refractivity contribution in [2.24, 2.45) is 0 Å². The summed E-state index contributed by atoms with van der Waals surface area (Å²) in [4.78, 5) is 4.80. The number of hydrogen-bond donors (Lipinski definition) is 0. The molecular formula is C23H24N4O2S2. The molecule has 0 spiro atoms. The Hall–Kier alpha value is -2.68. The molecule has 160 valence electrons. The quantitative estimate of drug-likeness (QED) is 0.300. The van der Waals surface area contributed by atoms with E-state index in [-0.39, 0.29) is 0 Å². The summed E-state index contributed by atoms with van der Waals surface area (Å²) in [6, 6.07) is 18.2. The monoisotopic (exact) mass is 452 g/mol. The van der Waals surface area contributed by atoms with Crippen LogP contribution < -0.4 is 4.74 Å². The number of methoxy groups -OCH3 is 1. The molecule has 8 heteroatoms. The molecule has 0 aliphatic heterocycles. The molecule has 6 nitrogen and oxygen atoms in total. The van der Waals surface area contributed by atoms with E-state index in [1.165, 1.54) is 0 Å². The Balaban J connectivity index is 1.47. The third kappa shape index (κ3) is 5.33. The first-order chi connectivity index (χ1) is 15.3. The first-order valence-corrected chi connectivity index (χ1v) is 11.9. The van der Waals surface area contributed by atoms with Crippen LogP contribution in [0.1, 0.15) is 12.6 Å². The van der Waals surface area contributed by atoms with E-state index in [0.29, 0.717) is 19.8 Å². The smallest absolute Gasteiger partial charge is 0.191 e. The summed E-state index contributed by atoms with van der Waals surface area (Å²) in [6.45, 7) is 3.95. The van der Waals surface area contributed by atoms with Crippen LogP contribution in [0.25, 0.3) is 22.0 Å². The molecule has 4 rings (SSSR count). The lowest BCUT2D eigenvalue weighted by molar-refractivity contribution is 0.185. The van der Waals surface area contributed by atoms with Crippen molar-refractivity contribution in [2.45, 2.75) is 24.4 Å². The van der Waals surface area contributed by atoms with Gasteiger partial charge in [0, 0.05) is 29.4 Å².